The van der Waals surface area contributed by atoms with Gasteiger partial charge in [-0.3, -0.25) is 0 Å². The normalized spacial score (nSPS) is 11.8. The van der Waals surface area contributed by atoms with Gasteiger partial charge in [-0.2, -0.15) is 0 Å². The molecule has 0 heterocycles. The zero-order valence-corrected chi connectivity index (χ0v) is 20.1. The van der Waals surface area contributed by atoms with E-state index in [1.54, 1.807) is 0 Å². The molecule has 0 unspecified atom stereocenters. The maximum atomic E-state index is 3.76. The zero-order valence-electron chi connectivity index (χ0n) is 20.1. The fourth-order valence-electron chi connectivity index (χ4n) is 4.27. The average molecular weight is 402 g/mol. The van der Waals surface area contributed by atoms with Crippen molar-refractivity contribution in [3.63, 3.8) is 0 Å². The van der Waals surface area contributed by atoms with E-state index in [1.165, 1.54) is 108 Å². The Morgan fingerprint density at radius 3 is 1.45 bits per heavy atom. The zero-order chi connectivity index (χ0) is 21.0. The van der Waals surface area contributed by atoms with E-state index in [2.05, 4.69) is 56.4 Å². The third-order valence-electron chi connectivity index (χ3n) is 6.12. The predicted octanol–water partition coefficient (Wildman–Crippen LogP) is 8.86. The molecule has 0 bridgehead atoms. The highest BCUT2D eigenvalue weighted by molar-refractivity contribution is 5.17. The predicted molar refractivity (Wildman–Crippen MR) is 132 cm³/mol. The molecule has 0 saturated heterocycles. The molecule has 0 atom stereocenters. The second kappa shape index (κ2) is 18.0. The van der Waals surface area contributed by atoms with Gasteiger partial charge in [0.15, 0.2) is 0 Å². The van der Waals surface area contributed by atoms with E-state index >= 15 is 0 Å². The summed E-state index contributed by atoms with van der Waals surface area (Å²) in [5.74, 6) is 0. The molecule has 0 fully saturated rings. The van der Waals surface area contributed by atoms with E-state index in [-0.39, 0.29) is 5.54 Å². The van der Waals surface area contributed by atoms with Crippen molar-refractivity contribution in [3.05, 3.63) is 35.9 Å². The van der Waals surface area contributed by atoms with Crippen molar-refractivity contribution < 1.29 is 0 Å². The van der Waals surface area contributed by atoms with Crippen LogP contribution in [0.2, 0.25) is 0 Å². The lowest BCUT2D eigenvalue weighted by atomic mass is 9.95. The Morgan fingerprint density at radius 1 is 0.586 bits per heavy atom. The first-order valence-electron chi connectivity index (χ1n) is 12.9. The lowest BCUT2D eigenvalue weighted by Crippen LogP contribution is -2.41. The van der Waals surface area contributed by atoms with Crippen LogP contribution in [-0.4, -0.2) is 12.1 Å². The van der Waals surface area contributed by atoms with Crippen molar-refractivity contribution in [2.75, 3.05) is 6.54 Å². The Hall–Kier alpha value is -0.820. The molecule has 1 N–H and O–H groups in total. The van der Waals surface area contributed by atoms with Crippen molar-refractivity contribution in [1.29, 1.82) is 0 Å². The summed E-state index contributed by atoms with van der Waals surface area (Å²) in [6.07, 6.45) is 24.1. The first kappa shape index (κ1) is 26.2. The van der Waals surface area contributed by atoms with Gasteiger partial charge in [0.2, 0.25) is 0 Å². The highest BCUT2D eigenvalue weighted by Gasteiger charge is 2.16. The summed E-state index contributed by atoms with van der Waals surface area (Å²) in [5, 5.41) is 3.76. The van der Waals surface area contributed by atoms with Crippen LogP contribution < -0.4 is 5.32 Å². The van der Waals surface area contributed by atoms with Crippen LogP contribution >= 0.6 is 0 Å². The van der Waals surface area contributed by atoms with Gasteiger partial charge in [0, 0.05) is 5.54 Å². The smallest absolute Gasteiger partial charge is 0.0165 e. The van der Waals surface area contributed by atoms with Crippen LogP contribution in [0.3, 0.4) is 0 Å². The van der Waals surface area contributed by atoms with Crippen molar-refractivity contribution in [2.24, 2.45) is 0 Å². The summed E-state index contributed by atoms with van der Waals surface area (Å²) >= 11 is 0. The van der Waals surface area contributed by atoms with Crippen LogP contribution in [0, 0.1) is 0 Å². The van der Waals surface area contributed by atoms with E-state index < -0.39 is 0 Å². The van der Waals surface area contributed by atoms with Gasteiger partial charge in [0.05, 0.1) is 0 Å². The van der Waals surface area contributed by atoms with Gasteiger partial charge in [-0.15, -0.1) is 0 Å². The van der Waals surface area contributed by atoms with Crippen molar-refractivity contribution in [3.8, 4) is 0 Å². The summed E-state index contributed by atoms with van der Waals surface area (Å²) in [7, 11) is 0. The minimum absolute atomic E-state index is 0.191. The van der Waals surface area contributed by atoms with Crippen LogP contribution in [0.1, 0.15) is 129 Å². The number of rotatable bonds is 20. The van der Waals surface area contributed by atoms with E-state index in [0.717, 1.165) is 13.0 Å². The quantitative estimate of drug-likeness (QED) is 0.215. The Kier molecular flexibility index (Phi) is 16.3. The molecule has 0 amide bonds. The molecule has 1 rings (SSSR count). The second-order valence-electron chi connectivity index (χ2n) is 9.78. The highest BCUT2D eigenvalue weighted by atomic mass is 14.9. The molecule has 0 aliphatic carbocycles. The minimum Gasteiger partial charge on any atom is -0.311 e. The fourth-order valence-corrected chi connectivity index (χ4v) is 4.27. The first-order chi connectivity index (χ1) is 14.1. The molecule has 1 nitrogen and oxygen atoms in total. The monoisotopic (exact) mass is 401 g/mol. The van der Waals surface area contributed by atoms with E-state index in [1.807, 2.05) is 0 Å². The van der Waals surface area contributed by atoms with Crippen LogP contribution in [-0.2, 0) is 6.42 Å². The Balaban J connectivity index is 1.81. The van der Waals surface area contributed by atoms with E-state index in [9.17, 15) is 0 Å². The van der Waals surface area contributed by atoms with Crippen molar-refractivity contribution in [1.82, 2.24) is 5.32 Å². The van der Waals surface area contributed by atoms with Gasteiger partial charge in [-0.1, -0.05) is 134 Å². The third-order valence-corrected chi connectivity index (χ3v) is 6.12. The Morgan fingerprint density at radius 2 is 1.00 bits per heavy atom. The number of nitrogens with one attached hydrogen (secondary N) is 1. The van der Waals surface area contributed by atoms with Crippen LogP contribution in [0.25, 0.3) is 0 Å². The standard InChI is InChI=1S/C28H51N/c1-4-5-6-7-8-9-10-11-12-13-14-15-16-17-18-22-25-29-28(2,3)26-27-23-20-19-21-24-27/h19-21,23-24,29H,4-18,22,25-26H2,1-3H3. The van der Waals surface area contributed by atoms with Crippen molar-refractivity contribution in [2.45, 2.75) is 135 Å². The number of hydrogen-bond donors (Lipinski definition) is 1. The van der Waals surface area contributed by atoms with Crippen LogP contribution in [0.15, 0.2) is 30.3 Å². The van der Waals surface area contributed by atoms with Crippen LogP contribution in [0.5, 0.6) is 0 Å². The molecule has 1 heteroatoms. The van der Waals surface area contributed by atoms with Gasteiger partial charge in [0.25, 0.3) is 0 Å². The van der Waals surface area contributed by atoms with Gasteiger partial charge in [-0.25, -0.2) is 0 Å². The SMILES string of the molecule is CCCCCCCCCCCCCCCCCCNC(C)(C)Cc1ccccc1. The maximum absolute atomic E-state index is 3.76. The molecule has 0 aliphatic rings. The van der Waals surface area contributed by atoms with E-state index in [0.29, 0.717) is 0 Å². The number of hydrogen-bond acceptors (Lipinski definition) is 1. The molecule has 0 radical (unpaired) electrons. The molecule has 0 aromatic heterocycles. The molecule has 1 aromatic rings. The van der Waals surface area contributed by atoms with Gasteiger partial charge >= 0.3 is 0 Å². The molecule has 0 aliphatic heterocycles. The first-order valence-corrected chi connectivity index (χ1v) is 12.9. The van der Waals surface area contributed by atoms with Crippen LogP contribution in [0.4, 0.5) is 0 Å². The largest absolute Gasteiger partial charge is 0.311 e. The van der Waals surface area contributed by atoms with E-state index in [4.69, 9.17) is 0 Å². The number of benzene rings is 1. The molecular formula is C28H51N. The summed E-state index contributed by atoms with van der Waals surface area (Å²) in [5.41, 5.74) is 1.62. The molecule has 0 spiro atoms. The van der Waals surface area contributed by atoms with Gasteiger partial charge in [-0.05, 0) is 38.8 Å². The van der Waals surface area contributed by atoms with Gasteiger partial charge < -0.3 is 5.32 Å². The topological polar surface area (TPSA) is 12.0 Å². The third kappa shape index (κ3) is 16.6. The molecule has 168 valence electrons. The molecular weight excluding hydrogens is 350 g/mol. The summed E-state index contributed by atoms with van der Waals surface area (Å²) in [4.78, 5) is 0. The van der Waals surface area contributed by atoms with Crippen molar-refractivity contribution >= 4 is 0 Å². The lowest BCUT2D eigenvalue weighted by molar-refractivity contribution is 0.379. The Bertz CT molecular complexity index is 451. The molecule has 29 heavy (non-hydrogen) atoms. The average Bonchev–Trinajstić information content (AvgIpc) is 2.70. The molecule has 1 aromatic carbocycles. The fraction of sp³-hybridized carbons (Fsp3) is 0.786. The number of unbranched alkanes of at least 4 members (excludes halogenated alkanes) is 15. The summed E-state index contributed by atoms with van der Waals surface area (Å²) in [6, 6.07) is 10.8. The molecule has 0 saturated carbocycles. The second-order valence-corrected chi connectivity index (χ2v) is 9.78. The maximum Gasteiger partial charge on any atom is 0.0165 e. The highest BCUT2D eigenvalue weighted by Crippen LogP contribution is 2.15. The Labute approximate surface area is 183 Å². The summed E-state index contributed by atoms with van der Waals surface area (Å²) < 4.78 is 0. The minimum atomic E-state index is 0.191. The lowest BCUT2D eigenvalue weighted by Gasteiger charge is -2.26. The summed E-state index contributed by atoms with van der Waals surface area (Å²) in [6.45, 7) is 8.10. The van der Waals surface area contributed by atoms with Gasteiger partial charge in [0.1, 0.15) is 0 Å².